The molecule has 1 aliphatic carbocycles. The van der Waals surface area contributed by atoms with E-state index in [1.54, 1.807) is 11.8 Å². The lowest BCUT2D eigenvalue weighted by molar-refractivity contribution is 0.192. The maximum atomic E-state index is 9.27. The Hall–Kier alpha value is -0.450. The topological polar surface area (TPSA) is 45.4 Å². The molecule has 102 valence electrons. The molecule has 1 aromatic heterocycles. The molecule has 0 aliphatic heterocycles. The van der Waals surface area contributed by atoms with E-state index in [9.17, 15) is 5.11 Å². The predicted molar refractivity (Wildman–Crippen MR) is 75.6 cm³/mol. The van der Waals surface area contributed by atoms with E-state index in [4.69, 9.17) is 4.42 Å². The van der Waals surface area contributed by atoms with Crippen LogP contribution < -0.4 is 5.32 Å². The summed E-state index contributed by atoms with van der Waals surface area (Å²) >= 11 is 1.77. The van der Waals surface area contributed by atoms with Crippen molar-refractivity contribution >= 4 is 11.8 Å². The minimum Gasteiger partial charge on any atom is -0.464 e. The van der Waals surface area contributed by atoms with E-state index in [-0.39, 0.29) is 0 Å². The molecule has 3 nitrogen and oxygen atoms in total. The summed E-state index contributed by atoms with van der Waals surface area (Å²) in [5, 5.41) is 12.7. The Morgan fingerprint density at radius 1 is 1.33 bits per heavy atom. The molecule has 1 saturated carbocycles. The number of rotatable bonds is 7. The van der Waals surface area contributed by atoms with Crippen molar-refractivity contribution in [3.05, 3.63) is 23.7 Å². The molecule has 2 N–H and O–H groups in total. The van der Waals surface area contributed by atoms with E-state index < -0.39 is 0 Å². The number of thioether (sulfide) groups is 1. The van der Waals surface area contributed by atoms with Gasteiger partial charge in [-0.25, -0.2) is 0 Å². The molecule has 1 heterocycles. The molecule has 1 aromatic rings. The largest absolute Gasteiger partial charge is 0.464 e. The second kappa shape index (κ2) is 7.22. The van der Waals surface area contributed by atoms with E-state index in [1.807, 2.05) is 0 Å². The Bertz CT molecular complexity index is 353. The summed E-state index contributed by atoms with van der Waals surface area (Å²) in [6.07, 6.45) is 5.77. The van der Waals surface area contributed by atoms with E-state index >= 15 is 0 Å². The van der Waals surface area contributed by atoms with Crippen molar-refractivity contribution < 1.29 is 9.52 Å². The minimum atomic E-state index is 0.338. The van der Waals surface area contributed by atoms with Gasteiger partial charge in [-0.3, -0.25) is 0 Å². The van der Waals surface area contributed by atoms with E-state index in [0.29, 0.717) is 18.4 Å². The van der Waals surface area contributed by atoms with Gasteiger partial charge in [0.1, 0.15) is 11.5 Å². The van der Waals surface area contributed by atoms with Crippen LogP contribution in [0.4, 0.5) is 0 Å². The van der Waals surface area contributed by atoms with Crippen molar-refractivity contribution in [2.45, 2.75) is 31.6 Å². The lowest BCUT2D eigenvalue weighted by Crippen LogP contribution is -2.26. The molecular formula is C14H23NO2S. The van der Waals surface area contributed by atoms with Gasteiger partial charge >= 0.3 is 0 Å². The molecule has 0 saturated heterocycles. The SMILES string of the molecule is CSCc1ccc(CNCC2CCCC2CO)o1. The first kappa shape index (κ1) is 14.0. The summed E-state index contributed by atoms with van der Waals surface area (Å²) in [4.78, 5) is 0. The normalized spacial score (nSPS) is 23.7. The minimum absolute atomic E-state index is 0.338. The highest BCUT2D eigenvalue weighted by Gasteiger charge is 2.25. The molecule has 18 heavy (non-hydrogen) atoms. The zero-order valence-corrected chi connectivity index (χ0v) is 11.8. The average molecular weight is 269 g/mol. The molecule has 2 unspecified atom stereocenters. The number of aliphatic hydroxyl groups is 1. The highest BCUT2D eigenvalue weighted by atomic mass is 32.2. The molecule has 0 radical (unpaired) electrons. The van der Waals surface area contributed by atoms with E-state index in [1.165, 1.54) is 19.3 Å². The lowest BCUT2D eigenvalue weighted by Gasteiger charge is -2.17. The fourth-order valence-corrected chi connectivity index (χ4v) is 3.18. The van der Waals surface area contributed by atoms with Gasteiger partial charge in [-0.1, -0.05) is 6.42 Å². The summed E-state index contributed by atoms with van der Waals surface area (Å²) in [6.45, 7) is 2.12. The van der Waals surface area contributed by atoms with Gasteiger partial charge in [0.15, 0.2) is 0 Å². The van der Waals surface area contributed by atoms with Gasteiger partial charge in [-0.05, 0) is 49.6 Å². The number of aliphatic hydroxyl groups excluding tert-OH is 1. The summed E-state index contributed by atoms with van der Waals surface area (Å²) in [7, 11) is 0. The van der Waals surface area contributed by atoms with Crippen molar-refractivity contribution in [3.8, 4) is 0 Å². The molecule has 0 bridgehead atoms. The molecule has 4 heteroatoms. The molecule has 0 amide bonds. The number of hydrogen-bond donors (Lipinski definition) is 2. The van der Waals surface area contributed by atoms with Crippen molar-refractivity contribution in [3.63, 3.8) is 0 Å². The zero-order valence-electron chi connectivity index (χ0n) is 11.0. The van der Waals surface area contributed by atoms with Crippen LogP contribution >= 0.6 is 11.8 Å². The average Bonchev–Trinajstić information content (AvgIpc) is 2.99. The van der Waals surface area contributed by atoms with E-state index in [2.05, 4.69) is 23.7 Å². The van der Waals surface area contributed by atoms with Crippen LogP contribution in [-0.4, -0.2) is 24.5 Å². The Morgan fingerprint density at radius 3 is 2.89 bits per heavy atom. The predicted octanol–water partition coefficient (Wildman–Crippen LogP) is 2.64. The van der Waals surface area contributed by atoms with Crippen LogP contribution in [0, 0.1) is 11.8 Å². The van der Waals surface area contributed by atoms with Crippen LogP contribution in [0.1, 0.15) is 30.8 Å². The van der Waals surface area contributed by atoms with Crippen molar-refractivity contribution in [1.29, 1.82) is 0 Å². The molecule has 0 spiro atoms. The van der Waals surface area contributed by atoms with Gasteiger partial charge in [0.25, 0.3) is 0 Å². The lowest BCUT2D eigenvalue weighted by atomic mass is 9.97. The van der Waals surface area contributed by atoms with Crippen LogP contribution in [0.5, 0.6) is 0 Å². The molecular weight excluding hydrogens is 246 g/mol. The van der Waals surface area contributed by atoms with Gasteiger partial charge in [-0.2, -0.15) is 11.8 Å². The molecule has 1 aliphatic rings. The van der Waals surface area contributed by atoms with Gasteiger partial charge < -0.3 is 14.8 Å². The quantitative estimate of drug-likeness (QED) is 0.799. The first-order valence-corrected chi connectivity index (χ1v) is 8.11. The van der Waals surface area contributed by atoms with Crippen LogP contribution in [0.3, 0.4) is 0 Å². The summed E-state index contributed by atoms with van der Waals surface area (Å²) in [5.41, 5.74) is 0. The third-order valence-electron chi connectivity index (χ3n) is 3.76. The molecule has 1 fully saturated rings. The number of furan rings is 1. The van der Waals surface area contributed by atoms with Crippen LogP contribution in [-0.2, 0) is 12.3 Å². The summed E-state index contributed by atoms with van der Waals surface area (Å²) < 4.78 is 5.71. The zero-order chi connectivity index (χ0) is 12.8. The Morgan fingerprint density at radius 2 is 2.11 bits per heavy atom. The third kappa shape index (κ3) is 3.77. The van der Waals surface area contributed by atoms with Crippen LogP contribution in [0.25, 0.3) is 0 Å². The fourth-order valence-electron chi connectivity index (χ4n) is 2.74. The first-order valence-electron chi connectivity index (χ1n) is 6.71. The molecule has 0 aromatic carbocycles. The number of nitrogens with one attached hydrogen (secondary N) is 1. The summed E-state index contributed by atoms with van der Waals surface area (Å²) in [6, 6.07) is 4.11. The Kier molecular flexibility index (Phi) is 5.60. The third-order valence-corrected chi connectivity index (χ3v) is 4.33. The van der Waals surface area contributed by atoms with Crippen LogP contribution in [0.15, 0.2) is 16.5 Å². The van der Waals surface area contributed by atoms with Gasteiger partial charge in [0, 0.05) is 6.61 Å². The fraction of sp³-hybridized carbons (Fsp3) is 0.714. The maximum Gasteiger partial charge on any atom is 0.117 e. The second-order valence-corrected chi connectivity index (χ2v) is 5.93. The second-order valence-electron chi connectivity index (χ2n) is 5.07. The summed E-state index contributed by atoms with van der Waals surface area (Å²) in [5.74, 6) is 4.14. The molecule has 2 atom stereocenters. The smallest absolute Gasteiger partial charge is 0.117 e. The maximum absolute atomic E-state index is 9.27. The van der Waals surface area contributed by atoms with E-state index in [0.717, 1.165) is 30.4 Å². The van der Waals surface area contributed by atoms with Crippen molar-refractivity contribution in [2.75, 3.05) is 19.4 Å². The standard InChI is InChI=1S/C14H23NO2S/c1-18-10-14-6-5-13(17-14)8-15-7-11-3-2-4-12(11)9-16/h5-6,11-12,15-16H,2-4,7-10H2,1H3. The monoisotopic (exact) mass is 269 g/mol. The Balaban J connectivity index is 1.71. The van der Waals surface area contributed by atoms with Crippen LogP contribution in [0.2, 0.25) is 0 Å². The highest BCUT2D eigenvalue weighted by Crippen LogP contribution is 2.30. The van der Waals surface area contributed by atoms with Crippen molar-refractivity contribution in [1.82, 2.24) is 5.32 Å². The van der Waals surface area contributed by atoms with Gasteiger partial charge in [0.05, 0.1) is 12.3 Å². The number of hydrogen-bond acceptors (Lipinski definition) is 4. The molecule has 2 rings (SSSR count). The van der Waals surface area contributed by atoms with Gasteiger partial charge in [-0.15, -0.1) is 0 Å². The Labute approximate surface area is 113 Å². The highest BCUT2D eigenvalue weighted by molar-refractivity contribution is 7.97. The van der Waals surface area contributed by atoms with Gasteiger partial charge in [0.2, 0.25) is 0 Å². The van der Waals surface area contributed by atoms with Crippen molar-refractivity contribution in [2.24, 2.45) is 11.8 Å². The first-order chi connectivity index (χ1) is 8.83.